The Labute approximate surface area is 190 Å². The molecule has 8 nitrogen and oxygen atoms in total. The third-order valence-corrected chi connectivity index (χ3v) is 6.28. The zero-order valence-corrected chi connectivity index (χ0v) is 18.4. The number of hydrogen-bond acceptors (Lipinski definition) is 6. The van der Waals surface area contributed by atoms with Crippen molar-refractivity contribution in [3.63, 3.8) is 0 Å². The van der Waals surface area contributed by atoms with E-state index in [1.807, 2.05) is 48.1 Å². The monoisotopic (exact) mass is 439 g/mol. The average Bonchev–Trinajstić information content (AvgIpc) is 3.48. The second kappa shape index (κ2) is 7.60. The molecule has 166 valence electrons. The van der Waals surface area contributed by atoms with Crippen LogP contribution in [-0.2, 0) is 0 Å². The summed E-state index contributed by atoms with van der Waals surface area (Å²) in [6, 6.07) is 14.4. The van der Waals surface area contributed by atoms with Gasteiger partial charge >= 0.3 is 0 Å². The van der Waals surface area contributed by atoms with Gasteiger partial charge < -0.3 is 19.7 Å². The zero-order chi connectivity index (χ0) is 22.4. The molecule has 0 bridgehead atoms. The van der Waals surface area contributed by atoms with Crippen molar-refractivity contribution in [2.75, 3.05) is 23.3 Å². The van der Waals surface area contributed by atoms with Crippen molar-refractivity contribution in [3.05, 3.63) is 67.3 Å². The average molecular weight is 440 g/mol. The van der Waals surface area contributed by atoms with E-state index in [0.717, 1.165) is 58.6 Å². The van der Waals surface area contributed by atoms with Crippen LogP contribution in [0.2, 0.25) is 0 Å². The first-order valence-corrected chi connectivity index (χ1v) is 11.2. The number of nitrogens with zero attached hydrogens (tertiary/aromatic N) is 5. The van der Waals surface area contributed by atoms with Gasteiger partial charge in [0.1, 0.15) is 0 Å². The molecule has 1 fully saturated rings. The lowest BCUT2D eigenvalue weighted by Gasteiger charge is -2.38. The van der Waals surface area contributed by atoms with Crippen LogP contribution in [0.15, 0.2) is 67.3 Å². The molecule has 0 aliphatic carbocycles. The van der Waals surface area contributed by atoms with Gasteiger partial charge in [0.05, 0.1) is 23.0 Å². The predicted octanol–water partition coefficient (Wildman–Crippen LogP) is 4.37. The van der Waals surface area contributed by atoms with Gasteiger partial charge in [0.25, 0.3) is 0 Å². The van der Waals surface area contributed by atoms with E-state index in [-0.39, 0.29) is 0 Å². The van der Waals surface area contributed by atoms with Crippen LogP contribution >= 0.6 is 0 Å². The minimum absolute atomic E-state index is 0.634. The van der Waals surface area contributed by atoms with Crippen LogP contribution in [-0.4, -0.2) is 48.4 Å². The van der Waals surface area contributed by atoms with Crippen molar-refractivity contribution in [3.8, 4) is 11.3 Å². The third-order valence-electron chi connectivity index (χ3n) is 6.28. The Kier molecular flexibility index (Phi) is 4.55. The highest BCUT2D eigenvalue weighted by Crippen LogP contribution is 2.29. The number of imidazole rings is 1. The standard InChI is InChI=1S/C25H25N7O/c1-25(33)9-2-11-32(16-25)20-7-5-19(6-8-20)28-23-24-26-10-12-31(24)15-22(29-23)17-3-4-18-14-27-30-21(18)13-17/h3-8,10,12-15,33H,2,9,11,16H2,1H3,(H,27,30)(H,28,29)/t25-/m0/s1. The molecule has 2 aromatic carbocycles. The molecule has 1 aliphatic rings. The molecule has 0 spiro atoms. The van der Waals surface area contributed by atoms with Crippen LogP contribution in [0.4, 0.5) is 17.2 Å². The summed E-state index contributed by atoms with van der Waals surface area (Å²) in [5.41, 5.74) is 4.98. The van der Waals surface area contributed by atoms with Gasteiger partial charge in [-0.1, -0.05) is 12.1 Å². The molecule has 6 rings (SSSR count). The summed E-state index contributed by atoms with van der Waals surface area (Å²) >= 11 is 0. The van der Waals surface area contributed by atoms with Crippen LogP contribution in [0.1, 0.15) is 19.8 Å². The molecule has 4 heterocycles. The molecule has 0 amide bonds. The number of nitrogens with one attached hydrogen (secondary N) is 2. The summed E-state index contributed by atoms with van der Waals surface area (Å²) in [4.78, 5) is 11.6. The molecular formula is C25H25N7O. The fourth-order valence-electron chi connectivity index (χ4n) is 4.58. The first kappa shape index (κ1) is 19.8. The predicted molar refractivity (Wildman–Crippen MR) is 130 cm³/mol. The molecule has 3 N–H and O–H groups in total. The van der Waals surface area contributed by atoms with Gasteiger partial charge in [0.2, 0.25) is 0 Å². The van der Waals surface area contributed by atoms with Gasteiger partial charge in [-0.2, -0.15) is 5.10 Å². The fraction of sp³-hybridized carbons (Fsp3) is 0.240. The number of fused-ring (bicyclic) bond motifs is 2. The molecule has 0 radical (unpaired) electrons. The van der Waals surface area contributed by atoms with Crippen molar-refractivity contribution in [1.29, 1.82) is 0 Å². The molecular weight excluding hydrogens is 414 g/mol. The van der Waals surface area contributed by atoms with E-state index in [1.165, 1.54) is 0 Å². The maximum absolute atomic E-state index is 10.4. The van der Waals surface area contributed by atoms with Gasteiger partial charge in [-0.05, 0) is 50.1 Å². The molecule has 5 aromatic rings. The zero-order valence-electron chi connectivity index (χ0n) is 18.4. The van der Waals surface area contributed by atoms with E-state index in [0.29, 0.717) is 12.4 Å². The number of aliphatic hydroxyl groups is 1. The number of piperidine rings is 1. The normalized spacial score (nSPS) is 18.8. The second-order valence-corrected chi connectivity index (χ2v) is 9.00. The highest BCUT2D eigenvalue weighted by Gasteiger charge is 2.28. The molecule has 8 heteroatoms. The Morgan fingerprint density at radius 2 is 2.03 bits per heavy atom. The van der Waals surface area contributed by atoms with Gasteiger partial charge in [-0.15, -0.1) is 0 Å². The quantitative estimate of drug-likeness (QED) is 0.385. The summed E-state index contributed by atoms with van der Waals surface area (Å²) < 4.78 is 1.98. The van der Waals surface area contributed by atoms with E-state index >= 15 is 0 Å². The molecule has 0 unspecified atom stereocenters. The van der Waals surface area contributed by atoms with Crippen molar-refractivity contribution in [1.82, 2.24) is 24.6 Å². The molecule has 0 saturated carbocycles. The number of H-pyrrole nitrogens is 1. The van der Waals surface area contributed by atoms with E-state index in [2.05, 4.69) is 49.7 Å². The molecule has 33 heavy (non-hydrogen) atoms. The Hall–Kier alpha value is -3.91. The number of aromatic nitrogens is 5. The SMILES string of the molecule is C[C@]1(O)CCCN(c2ccc(Nc3nc(-c4ccc5cn[nH]c5c4)cn4ccnc34)cc2)C1. The Morgan fingerprint density at radius 1 is 1.15 bits per heavy atom. The largest absolute Gasteiger partial charge is 0.388 e. The minimum atomic E-state index is -0.634. The highest BCUT2D eigenvalue weighted by molar-refractivity contribution is 5.84. The summed E-state index contributed by atoms with van der Waals surface area (Å²) in [5, 5.41) is 22.1. The van der Waals surface area contributed by atoms with E-state index in [1.54, 1.807) is 6.20 Å². The van der Waals surface area contributed by atoms with Crippen molar-refractivity contribution >= 4 is 33.7 Å². The lowest BCUT2D eigenvalue weighted by Crippen LogP contribution is -2.46. The van der Waals surface area contributed by atoms with Gasteiger partial charge in [0, 0.05) is 54.0 Å². The Morgan fingerprint density at radius 3 is 2.88 bits per heavy atom. The third kappa shape index (κ3) is 3.78. The van der Waals surface area contributed by atoms with Gasteiger partial charge in [0.15, 0.2) is 11.5 Å². The number of benzene rings is 2. The topological polar surface area (TPSA) is 94.4 Å². The van der Waals surface area contributed by atoms with E-state index in [4.69, 9.17) is 4.98 Å². The molecule has 1 atom stereocenters. The number of β-amino-alcohol motifs (C(OH)–C–C–N with tert-alkyl or cyclic N) is 1. The summed E-state index contributed by atoms with van der Waals surface area (Å²) in [5.74, 6) is 0.691. The summed E-state index contributed by atoms with van der Waals surface area (Å²) in [6.45, 7) is 3.52. The maximum Gasteiger partial charge on any atom is 0.180 e. The smallest absolute Gasteiger partial charge is 0.180 e. The minimum Gasteiger partial charge on any atom is -0.388 e. The van der Waals surface area contributed by atoms with Crippen LogP contribution in [0, 0.1) is 0 Å². The number of aromatic amines is 1. The Balaban J connectivity index is 1.31. The summed E-state index contributed by atoms with van der Waals surface area (Å²) in [6.07, 6.45) is 9.33. The van der Waals surface area contributed by atoms with Gasteiger partial charge in [-0.25, -0.2) is 9.97 Å². The van der Waals surface area contributed by atoms with Crippen molar-refractivity contribution in [2.45, 2.75) is 25.4 Å². The lowest BCUT2D eigenvalue weighted by atomic mass is 9.95. The number of hydrogen-bond donors (Lipinski definition) is 3. The van der Waals surface area contributed by atoms with E-state index < -0.39 is 5.60 Å². The van der Waals surface area contributed by atoms with Crippen LogP contribution in [0.25, 0.3) is 27.8 Å². The summed E-state index contributed by atoms with van der Waals surface area (Å²) in [7, 11) is 0. The molecule has 1 aliphatic heterocycles. The molecule has 3 aromatic heterocycles. The second-order valence-electron chi connectivity index (χ2n) is 9.00. The highest BCUT2D eigenvalue weighted by atomic mass is 16.3. The fourth-order valence-corrected chi connectivity index (χ4v) is 4.58. The first-order chi connectivity index (χ1) is 16.0. The lowest BCUT2D eigenvalue weighted by molar-refractivity contribution is 0.0449. The number of anilines is 3. The van der Waals surface area contributed by atoms with E-state index in [9.17, 15) is 5.11 Å². The maximum atomic E-state index is 10.4. The molecule has 1 saturated heterocycles. The van der Waals surface area contributed by atoms with Crippen LogP contribution in [0.3, 0.4) is 0 Å². The van der Waals surface area contributed by atoms with Crippen LogP contribution in [0.5, 0.6) is 0 Å². The number of rotatable bonds is 4. The Bertz CT molecular complexity index is 1430. The first-order valence-electron chi connectivity index (χ1n) is 11.2. The van der Waals surface area contributed by atoms with Gasteiger partial charge in [-0.3, -0.25) is 5.10 Å². The van der Waals surface area contributed by atoms with Crippen LogP contribution < -0.4 is 10.2 Å². The van der Waals surface area contributed by atoms with Crippen molar-refractivity contribution in [2.24, 2.45) is 0 Å². The van der Waals surface area contributed by atoms with Crippen molar-refractivity contribution < 1.29 is 5.11 Å².